The summed E-state index contributed by atoms with van der Waals surface area (Å²) in [6, 6.07) is 7.53. The maximum atomic E-state index is 12.5. The molecule has 0 saturated carbocycles. The van der Waals surface area contributed by atoms with Gasteiger partial charge in [-0.05, 0) is 32.3 Å². The Kier molecular flexibility index (Phi) is 5.58. The van der Waals surface area contributed by atoms with Crippen LogP contribution in [0.3, 0.4) is 0 Å². The molecule has 22 heavy (non-hydrogen) atoms. The number of hydrogen-bond acceptors (Lipinski definition) is 4. The van der Waals surface area contributed by atoms with Gasteiger partial charge in [0.25, 0.3) is 0 Å². The molecule has 2 rings (SSSR count). The van der Waals surface area contributed by atoms with Gasteiger partial charge in [-0.1, -0.05) is 29.8 Å². The molecular weight excluding hydrogens is 302 g/mol. The minimum Gasteiger partial charge on any atom is -0.466 e. The van der Waals surface area contributed by atoms with Crippen LogP contribution in [0.15, 0.2) is 24.3 Å². The summed E-state index contributed by atoms with van der Waals surface area (Å²) in [5, 5.41) is 0. The lowest BCUT2D eigenvalue weighted by molar-refractivity contribution is -0.149. The first-order valence-corrected chi connectivity index (χ1v) is 9.23. The summed E-state index contributed by atoms with van der Waals surface area (Å²) in [6.07, 6.45) is 1.07. The number of piperidine rings is 1. The first-order chi connectivity index (χ1) is 10.4. The first-order valence-electron chi connectivity index (χ1n) is 7.62. The van der Waals surface area contributed by atoms with Crippen LogP contribution in [0.4, 0.5) is 0 Å². The van der Waals surface area contributed by atoms with Crippen LogP contribution >= 0.6 is 0 Å². The summed E-state index contributed by atoms with van der Waals surface area (Å²) < 4.78 is 31.5. The molecule has 0 spiro atoms. The number of aryl methyl sites for hydroxylation is 1. The fourth-order valence-corrected chi connectivity index (χ4v) is 4.28. The van der Waals surface area contributed by atoms with E-state index in [1.807, 2.05) is 31.2 Å². The van der Waals surface area contributed by atoms with E-state index in [9.17, 15) is 13.2 Å². The predicted molar refractivity (Wildman–Crippen MR) is 84.7 cm³/mol. The van der Waals surface area contributed by atoms with Crippen molar-refractivity contribution in [3.05, 3.63) is 35.4 Å². The third-order valence-corrected chi connectivity index (χ3v) is 5.75. The minimum atomic E-state index is -3.33. The highest BCUT2D eigenvalue weighted by atomic mass is 32.2. The molecule has 5 nitrogen and oxygen atoms in total. The molecule has 1 saturated heterocycles. The van der Waals surface area contributed by atoms with E-state index >= 15 is 0 Å². The molecular formula is C16H23NO4S. The third kappa shape index (κ3) is 4.30. The van der Waals surface area contributed by atoms with E-state index in [1.54, 1.807) is 6.92 Å². The van der Waals surface area contributed by atoms with Gasteiger partial charge >= 0.3 is 5.97 Å². The molecule has 0 bridgehead atoms. The number of esters is 1. The second-order valence-electron chi connectivity index (χ2n) is 5.67. The summed E-state index contributed by atoms with van der Waals surface area (Å²) in [4.78, 5) is 11.7. The Hall–Kier alpha value is -1.40. The number of benzene rings is 1. The Morgan fingerprint density at radius 2 is 2.00 bits per heavy atom. The molecule has 1 aliphatic heterocycles. The van der Waals surface area contributed by atoms with Crippen LogP contribution in [0.25, 0.3) is 0 Å². The lowest BCUT2D eigenvalue weighted by Gasteiger charge is -2.30. The number of ether oxygens (including phenoxy) is 1. The number of hydrogen-bond donors (Lipinski definition) is 0. The Balaban J connectivity index is 1.96. The van der Waals surface area contributed by atoms with Crippen LogP contribution < -0.4 is 0 Å². The van der Waals surface area contributed by atoms with Gasteiger partial charge in [0, 0.05) is 13.1 Å². The van der Waals surface area contributed by atoms with Crippen molar-refractivity contribution in [1.29, 1.82) is 0 Å². The van der Waals surface area contributed by atoms with Crippen LogP contribution in [-0.2, 0) is 25.3 Å². The summed E-state index contributed by atoms with van der Waals surface area (Å²) >= 11 is 0. The number of nitrogens with zero attached hydrogens (tertiary/aromatic N) is 1. The van der Waals surface area contributed by atoms with E-state index in [-0.39, 0.29) is 17.6 Å². The molecule has 1 aliphatic rings. The van der Waals surface area contributed by atoms with Gasteiger partial charge in [0.15, 0.2) is 0 Å². The Morgan fingerprint density at radius 3 is 2.59 bits per heavy atom. The molecule has 0 aliphatic carbocycles. The second-order valence-corrected chi connectivity index (χ2v) is 7.64. The molecule has 1 aromatic carbocycles. The van der Waals surface area contributed by atoms with E-state index in [2.05, 4.69) is 0 Å². The molecule has 0 aromatic heterocycles. The van der Waals surface area contributed by atoms with Crippen LogP contribution in [0.1, 0.15) is 30.9 Å². The highest BCUT2D eigenvalue weighted by Gasteiger charge is 2.31. The van der Waals surface area contributed by atoms with E-state index in [1.165, 1.54) is 4.31 Å². The van der Waals surface area contributed by atoms with Gasteiger partial charge in [0.2, 0.25) is 10.0 Å². The van der Waals surface area contributed by atoms with Crippen molar-refractivity contribution in [3.63, 3.8) is 0 Å². The smallest absolute Gasteiger partial charge is 0.309 e. The van der Waals surface area contributed by atoms with Gasteiger partial charge in [0.05, 0.1) is 18.3 Å². The SMILES string of the molecule is CCOC(=O)C1CCN(S(=O)(=O)Cc2cccc(C)c2)CC1. The molecule has 1 heterocycles. The zero-order valence-corrected chi connectivity index (χ0v) is 13.9. The summed E-state index contributed by atoms with van der Waals surface area (Å²) in [5.74, 6) is -0.373. The summed E-state index contributed by atoms with van der Waals surface area (Å²) in [6.45, 7) is 4.86. The van der Waals surface area contributed by atoms with Crippen molar-refractivity contribution in [2.24, 2.45) is 5.92 Å². The largest absolute Gasteiger partial charge is 0.466 e. The normalized spacial score (nSPS) is 17.4. The van der Waals surface area contributed by atoms with Crippen LogP contribution in [0.5, 0.6) is 0 Å². The standard InChI is InChI=1S/C16H23NO4S/c1-3-21-16(18)15-7-9-17(10-8-15)22(19,20)12-14-6-4-5-13(2)11-14/h4-6,11,15H,3,7-10,12H2,1-2H3. The van der Waals surface area contributed by atoms with Crippen LogP contribution in [0, 0.1) is 12.8 Å². The molecule has 1 aromatic rings. The highest BCUT2D eigenvalue weighted by Crippen LogP contribution is 2.22. The molecule has 0 amide bonds. The average Bonchev–Trinajstić information content (AvgIpc) is 2.47. The zero-order chi connectivity index (χ0) is 16.2. The fraction of sp³-hybridized carbons (Fsp3) is 0.562. The van der Waals surface area contributed by atoms with Gasteiger partial charge < -0.3 is 4.74 Å². The van der Waals surface area contributed by atoms with Gasteiger partial charge in [-0.3, -0.25) is 4.79 Å². The molecule has 0 unspecified atom stereocenters. The van der Waals surface area contributed by atoms with Gasteiger partial charge in [-0.25, -0.2) is 12.7 Å². The van der Waals surface area contributed by atoms with Crippen molar-refractivity contribution in [3.8, 4) is 0 Å². The van der Waals surface area contributed by atoms with E-state index < -0.39 is 10.0 Å². The third-order valence-electron chi connectivity index (χ3n) is 3.90. The first kappa shape index (κ1) is 17.0. The predicted octanol–water partition coefficient (Wildman–Crippen LogP) is 2.10. The molecule has 6 heteroatoms. The maximum Gasteiger partial charge on any atom is 0.309 e. The van der Waals surface area contributed by atoms with Gasteiger partial charge in [0.1, 0.15) is 0 Å². The number of carbonyl (C=O) groups is 1. The number of rotatable bonds is 5. The zero-order valence-electron chi connectivity index (χ0n) is 13.1. The number of sulfonamides is 1. The maximum absolute atomic E-state index is 12.5. The Morgan fingerprint density at radius 1 is 1.32 bits per heavy atom. The highest BCUT2D eigenvalue weighted by molar-refractivity contribution is 7.88. The molecule has 122 valence electrons. The van der Waals surface area contributed by atoms with Crippen molar-refractivity contribution in [1.82, 2.24) is 4.31 Å². The van der Waals surface area contributed by atoms with Gasteiger partial charge in [-0.15, -0.1) is 0 Å². The molecule has 0 atom stereocenters. The van der Waals surface area contributed by atoms with Gasteiger partial charge in [-0.2, -0.15) is 0 Å². The van der Waals surface area contributed by atoms with Crippen LogP contribution in [0.2, 0.25) is 0 Å². The monoisotopic (exact) mass is 325 g/mol. The Bertz CT molecular complexity index is 619. The summed E-state index contributed by atoms with van der Waals surface area (Å²) in [5.41, 5.74) is 1.85. The second kappa shape index (κ2) is 7.24. The summed E-state index contributed by atoms with van der Waals surface area (Å²) in [7, 11) is -3.33. The fourth-order valence-electron chi connectivity index (χ4n) is 2.73. The van der Waals surface area contributed by atoms with Crippen molar-refractivity contribution in [2.45, 2.75) is 32.4 Å². The average molecular weight is 325 g/mol. The van der Waals surface area contributed by atoms with Crippen molar-refractivity contribution in [2.75, 3.05) is 19.7 Å². The van der Waals surface area contributed by atoms with E-state index in [0.29, 0.717) is 32.5 Å². The Labute approximate surface area is 132 Å². The topological polar surface area (TPSA) is 63.7 Å². The quantitative estimate of drug-likeness (QED) is 0.778. The molecule has 1 fully saturated rings. The molecule has 0 radical (unpaired) electrons. The van der Waals surface area contributed by atoms with Crippen molar-refractivity contribution < 1.29 is 17.9 Å². The van der Waals surface area contributed by atoms with E-state index in [4.69, 9.17) is 4.74 Å². The number of carbonyl (C=O) groups excluding carboxylic acids is 1. The van der Waals surface area contributed by atoms with E-state index in [0.717, 1.165) is 11.1 Å². The lowest BCUT2D eigenvalue weighted by atomic mass is 9.98. The lowest BCUT2D eigenvalue weighted by Crippen LogP contribution is -2.41. The molecule has 0 N–H and O–H groups in total. The van der Waals surface area contributed by atoms with Crippen molar-refractivity contribution >= 4 is 16.0 Å². The minimum absolute atomic E-state index is 0.0127. The van der Waals surface area contributed by atoms with Crippen LogP contribution in [-0.4, -0.2) is 38.4 Å².